The molecule has 2 heterocycles. The van der Waals surface area contributed by atoms with Crippen molar-refractivity contribution in [1.82, 2.24) is 14.8 Å². The van der Waals surface area contributed by atoms with Crippen LogP contribution in [0.4, 0.5) is 0 Å². The topological polar surface area (TPSA) is 85.9 Å². The summed E-state index contributed by atoms with van der Waals surface area (Å²) in [6, 6.07) is 11.2. The van der Waals surface area contributed by atoms with Crippen LogP contribution >= 0.6 is 0 Å². The van der Waals surface area contributed by atoms with E-state index in [9.17, 15) is 14.7 Å². The minimum Gasteiger partial charge on any atom is -0.496 e. The van der Waals surface area contributed by atoms with E-state index in [1.807, 2.05) is 23.2 Å². The Morgan fingerprint density at radius 1 is 1.15 bits per heavy atom. The van der Waals surface area contributed by atoms with E-state index in [-0.39, 0.29) is 23.4 Å². The fourth-order valence-electron chi connectivity index (χ4n) is 4.95. The molecule has 1 amide bonds. The molecule has 0 radical (unpaired) electrons. The number of benzene rings is 2. The summed E-state index contributed by atoms with van der Waals surface area (Å²) >= 11 is 0. The summed E-state index contributed by atoms with van der Waals surface area (Å²) in [6.45, 7) is 4.79. The van der Waals surface area contributed by atoms with E-state index in [0.717, 1.165) is 52.7 Å². The molecule has 2 aliphatic rings. The molecule has 172 valence electrons. The molecule has 2 aromatic carbocycles. The zero-order chi connectivity index (χ0) is 23.1. The number of methoxy groups -OCH3 is 1. The molecule has 1 aromatic heterocycles. The molecule has 7 nitrogen and oxygen atoms in total. The Hall–Kier alpha value is -3.32. The molecule has 1 saturated heterocycles. The summed E-state index contributed by atoms with van der Waals surface area (Å²) in [5.41, 5.74) is 4.64. The van der Waals surface area contributed by atoms with Crippen molar-refractivity contribution in [2.45, 2.75) is 32.4 Å². The first-order valence-electron chi connectivity index (χ1n) is 11.5. The van der Waals surface area contributed by atoms with E-state index in [4.69, 9.17) is 4.74 Å². The summed E-state index contributed by atoms with van der Waals surface area (Å²) in [5, 5.41) is 10.4. The predicted octanol–water partition coefficient (Wildman–Crippen LogP) is 3.98. The SMILES string of the molecule is COc1cc(C)c2[nH]ccc2c1CN1CCN(C(=O)C2CC2)C[C@@H]1c1ccc(C(=O)O)cc1. The van der Waals surface area contributed by atoms with Crippen LogP contribution in [0.3, 0.4) is 0 Å². The van der Waals surface area contributed by atoms with E-state index in [1.54, 1.807) is 19.2 Å². The van der Waals surface area contributed by atoms with Crippen LogP contribution in [-0.4, -0.2) is 58.5 Å². The number of aryl methyl sites for hydroxylation is 1. The van der Waals surface area contributed by atoms with E-state index in [2.05, 4.69) is 28.9 Å². The van der Waals surface area contributed by atoms with Crippen LogP contribution in [0.5, 0.6) is 5.75 Å². The zero-order valence-electron chi connectivity index (χ0n) is 19.0. The number of piperazine rings is 1. The number of aromatic carboxylic acids is 1. The number of rotatable bonds is 6. The molecular weight excluding hydrogens is 418 g/mol. The van der Waals surface area contributed by atoms with Gasteiger partial charge in [0.15, 0.2) is 0 Å². The van der Waals surface area contributed by atoms with Gasteiger partial charge < -0.3 is 19.7 Å². The lowest BCUT2D eigenvalue weighted by molar-refractivity contribution is -0.135. The molecule has 3 aromatic rings. The number of nitrogens with zero attached hydrogens (tertiary/aromatic N) is 2. The molecule has 0 spiro atoms. The molecule has 5 rings (SSSR count). The zero-order valence-corrected chi connectivity index (χ0v) is 19.0. The molecule has 0 unspecified atom stereocenters. The van der Waals surface area contributed by atoms with Crippen LogP contribution in [0.15, 0.2) is 42.6 Å². The lowest BCUT2D eigenvalue weighted by Crippen LogP contribution is -2.50. The average molecular weight is 448 g/mol. The highest BCUT2D eigenvalue weighted by molar-refractivity contribution is 5.88. The molecule has 33 heavy (non-hydrogen) atoms. The van der Waals surface area contributed by atoms with Gasteiger partial charge in [-0.3, -0.25) is 9.69 Å². The quantitative estimate of drug-likeness (QED) is 0.597. The van der Waals surface area contributed by atoms with Gasteiger partial charge in [-0.2, -0.15) is 0 Å². The smallest absolute Gasteiger partial charge is 0.335 e. The van der Waals surface area contributed by atoms with Gasteiger partial charge in [0.25, 0.3) is 0 Å². The van der Waals surface area contributed by atoms with Gasteiger partial charge in [0.1, 0.15) is 5.75 Å². The number of carbonyl (C=O) groups is 2. The van der Waals surface area contributed by atoms with Crippen molar-refractivity contribution in [3.05, 3.63) is 64.8 Å². The molecule has 0 bridgehead atoms. The first-order valence-corrected chi connectivity index (χ1v) is 11.5. The van der Waals surface area contributed by atoms with Crippen molar-refractivity contribution in [3.63, 3.8) is 0 Å². The average Bonchev–Trinajstić information content (AvgIpc) is 3.56. The molecule has 1 aliphatic heterocycles. The van der Waals surface area contributed by atoms with Gasteiger partial charge in [-0.1, -0.05) is 12.1 Å². The lowest BCUT2D eigenvalue weighted by atomic mass is 9.98. The monoisotopic (exact) mass is 447 g/mol. The maximum absolute atomic E-state index is 12.8. The number of nitrogens with one attached hydrogen (secondary N) is 1. The highest BCUT2D eigenvalue weighted by Crippen LogP contribution is 2.37. The van der Waals surface area contributed by atoms with Gasteiger partial charge >= 0.3 is 5.97 Å². The minimum atomic E-state index is -0.938. The number of H-pyrrole nitrogens is 1. The minimum absolute atomic E-state index is 0.0238. The maximum atomic E-state index is 12.8. The molecule has 1 saturated carbocycles. The standard InChI is InChI=1S/C26H29N3O4/c1-16-13-23(33-2)21(20-9-10-27-24(16)20)14-28-11-12-29(25(30)18-5-6-18)15-22(28)17-3-7-19(8-4-17)26(31)32/h3-4,7-10,13,18,22,27H,5-6,11-12,14-15H2,1-2H3,(H,31,32)/t22-/m1/s1. The molecule has 1 aliphatic carbocycles. The number of aromatic amines is 1. The summed E-state index contributed by atoms with van der Waals surface area (Å²) in [4.78, 5) is 31.9. The van der Waals surface area contributed by atoms with Crippen molar-refractivity contribution in [1.29, 1.82) is 0 Å². The van der Waals surface area contributed by atoms with Gasteiger partial charge in [-0.25, -0.2) is 4.79 Å². The van der Waals surface area contributed by atoms with Crippen molar-refractivity contribution >= 4 is 22.8 Å². The Labute approximate surface area is 192 Å². The van der Waals surface area contributed by atoms with Gasteiger partial charge in [0, 0.05) is 54.8 Å². The number of amides is 1. The van der Waals surface area contributed by atoms with Gasteiger partial charge in [-0.05, 0) is 55.2 Å². The number of hydrogen-bond acceptors (Lipinski definition) is 4. The van der Waals surface area contributed by atoms with E-state index >= 15 is 0 Å². The number of ether oxygens (including phenoxy) is 1. The number of carboxylic acids is 1. The maximum Gasteiger partial charge on any atom is 0.335 e. The summed E-state index contributed by atoms with van der Waals surface area (Å²) in [5.74, 6) is 0.355. The fourth-order valence-corrected chi connectivity index (χ4v) is 4.95. The number of carbonyl (C=O) groups excluding carboxylic acids is 1. The molecule has 7 heteroatoms. The van der Waals surface area contributed by atoms with E-state index < -0.39 is 5.97 Å². The Bertz CT molecular complexity index is 1200. The highest BCUT2D eigenvalue weighted by atomic mass is 16.5. The second kappa shape index (κ2) is 8.56. The molecule has 1 atom stereocenters. The first-order chi connectivity index (χ1) is 16.0. The molecule has 2 N–H and O–H groups in total. The van der Waals surface area contributed by atoms with Gasteiger partial charge in [0.05, 0.1) is 18.7 Å². The highest BCUT2D eigenvalue weighted by Gasteiger charge is 2.38. The normalized spacial score (nSPS) is 19.1. The van der Waals surface area contributed by atoms with Crippen LogP contribution in [0.25, 0.3) is 10.9 Å². The van der Waals surface area contributed by atoms with Crippen molar-refractivity contribution in [3.8, 4) is 5.75 Å². The van der Waals surface area contributed by atoms with Crippen LogP contribution in [0.2, 0.25) is 0 Å². The third-order valence-electron chi connectivity index (χ3n) is 6.96. The van der Waals surface area contributed by atoms with Crippen molar-refractivity contribution < 1.29 is 19.4 Å². The first kappa shape index (κ1) is 21.5. The van der Waals surface area contributed by atoms with Crippen molar-refractivity contribution in [2.75, 3.05) is 26.7 Å². The second-order valence-electron chi connectivity index (χ2n) is 9.11. The largest absolute Gasteiger partial charge is 0.496 e. The number of hydrogen-bond donors (Lipinski definition) is 2. The second-order valence-corrected chi connectivity index (χ2v) is 9.11. The summed E-state index contributed by atoms with van der Waals surface area (Å²) in [6.07, 6.45) is 3.93. The lowest BCUT2D eigenvalue weighted by Gasteiger charge is -2.42. The number of fused-ring (bicyclic) bond motifs is 1. The van der Waals surface area contributed by atoms with Crippen LogP contribution < -0.4 is 4.74 Å². The Morgan fingerprint density at radius 2 is 1.91 bits per heavy atom. The van der Waals surface area contributed by atoms with E-state index in [1.165, 1.54) is 0 Å². The number of carboxylic acid groups (broad SMARTS) is 1. The van der Waals surface area contributed by atoms with E-state index in [0.29, 0.717) is 19.6 Å². The molecule has 2 fully saturated rings. The third kappa shape index (κ3) is 4.09. The van der Waals surface area contributed by atoms with Gasteiger partial charge in [0.2, 0.25) is 5.91 Å². The van der Waals surface area contributed by atoms with Crippen LogP contribution in [0.1, 0.15) is 45.9 Å². The molecular formula is C26H29N3O4. The predicted molar refractivity (Wildman–Crippen MR) is 125 cm³/mol. The number of aromatic nitrogens is 1. The Balaban J connectivity index is 1.49. The third-order valence-corrected chi connectivity index (χ3v) is 6.96. The van der Waals surface area contributed by atoms with Crippen LogP contribution in [-0.2, 0) is 11.3 Å². The van der Waals surface area contributed by atoms with Crippen LogP contribution in [0, 0.1) is 12.8 Å². The summed E-state index contributed by atoms with van der Waals surface area (Å²) in [7, 11) is 1.70. The Morgan fingerprint density at radius 3 is 2.58 bits per heavy atom. The summed E-state index contributed by atoms with van der Waals surface area (Å²) < 4.78 is 5.76. The Kier molecular flexibility index (Phi) is 5.58. The fraction of sp³-hybridized carbons (Fsp3) is 0.385. The van der Waals surface area contributed by atoms with Gasteiger partial charge in [-0.15, -0.1) is 0 Å². The van der Waals surface area contributed by atoms with Crippen molar-refractivity contribution in [2.24, 2.45) is 5.92 Å².